The van der Waals surface area contributed by atoms with Crippen LogP contribution >= 0.6 is 19.4 Å². The molecule has 12 heteroatoms. The Labute approximate surface area is 194 Å². The molecule has 4 rings (SSSR count). The van der Waals surface area contributed by atoms with Crippen molar-refractivity contribution < 1.29 is 33.5 Å². The third-order valence-electron chi connectivity index (χ3n) is 5.65. The van der Waals surface area contributed by atoms with Crippen LogP contribution in [0.25, 0.3) is 22.3 Å². The highest BCUT2D eigenvalue weighted by atomic mass is 35.5. The molecule has 1 saturated heterocycles. The summed E-state index contributed by atoms with van der Waals surface area (Å²) in [6, 6.07) is 6.78. The summed E-state index contributed by atoms with van der Waals surface area (Å²) in [6.07, 6.45) is -0.466. The van der Waals surface area contributed by atoms with E-state index in [2.05, 4.69) is 4.52 Å². The Hall–Kier alpha value is -2.33. The number of phosphoric ester groups is 1. The molecule has 0 spiro atoms. The standard InChI is InChI=1S/C21H20BClNO8P/c1-24-6-5-10(15(27)9-24)18-13(25)8-17(32-33(28,29)30)20-14(26)7-16(31-21(18)20)19-11(22)3-2-4-12(19)23/h2-4,7-8,10,15,25,27H,5-6,9H2,1H3,(H2,28,29,30)/t10-,15+/m0/s1. The van der Waals surface area contributed by atoms with Crippen molar-refractivity contribution in [3.63, 3.8) is 0 Å². The second-order valence-corrected chi connectivity index (χ2v) is 9.57. The van der Waals surface area contributed by atoms with E-state index < -0.39 is 36.8 Å². The Kier molecular flexibility index (Phi) is 6.35. The zero-order valence-electron chi connectivity index (χ0n) is 17.4. The molecule has 2 radical (unpaired) electrons. The van der Waals surface area contributed by atoms with Crippen molar-refractivity contribution in [1.29, 1.82) is 0 Å². The predicted molar refractivity (Wildman–Crippen MR) is 124 cm³/mol. The molecule has 172 valence electrons. The van der Waals surface area contributed by atoms with Gasteiger partial charge in [0.05, 0.1) is 11.1 Å². The van der Waals surface area contributed by atoms with Gasteiger partial charge in [0.1, 0.15) is 36.1 Å². The number of fused-ring (bicyclic) bond motifs is 1. The lowest BCUT2D eigenvalue weighted by molar-refractivity contribution is 0.0630. The lowest BCUT2D eigenvalue weighted by Gasteiger charge is -2.34. The fourth-order valence-corrected chi connectivity index (χ4v) is 4.89. The van der Waals surface area contributed by atoms with Gasteiger partial charge in [0.25, 0.3) is 0 Å². The van der Waals surface area contributed by atoms with Crippen molar-refractivity contribution in [2.45, 2.75) is 18.4 Å². The Balaban J connectivity index is 2.05. The zero-order valence-corrected chi connectivity index (χ0v) is 19.1. The van der Waals surface area contributed by atoms with Crippen LogP contribution in [0.15, 0.2) is 39.5 Å². The molecule has 33 heavy (non-hydrogen) atoms. The number of hydrogen-bond acceptors (Lipinski definition) is 7. The Bertz CT molecular complexity index is 1320. The van der Waals surface area contributed by atoms with Gasteiger partial charge in [-0.1, -0.05) is 29.2 Å². The van der Waals surface area contributed by atoms with Gasteiger partial charge in [0.15, 0.2) is 5.43 Å². The van der Waals surface area contributed by atoms with Gasteiger partial charge in [-0.15, -0.1) is 0 Å². The topological polar surface area (TPSA) is 141 Å². The summed E-state index contributed by atoms with van der Waals surface area (Å²) in [4.78, 5) is 33.7. The lowest BCUT2D eigenvalue weighted by Crippen LogP contribution is -2.40. The molecule has 9 nitrogen and oxygen atoms in total. The van der Waals surface area contributed by atoms with Gasteiger partial charge < -0.3 is 24.1 Å². The zero-order chi connectivity index (χ0) is 24.1. The summed E-state index contributed by atoms with van der Waals surface area (Å²) in [7, 11) is 2.81. The number of phosphoric acid groups is 1. The van der Waals surface area contributed by atoms with E-state index in [1.807, 2.05) is 11.9 Å². The second-order valence-electron chi connectivity index (χ2n) is 8.00. The minimum atomic E-state index is -5.07. The quantitative estimate of drug-likeness (QED) is 0.318. The Morgan fingerprint density at radius 3 is 2.67 bits per heavy atom. The van der Waals surface area contributed by atoms with Gasteiger partial charge in [-0.05, 0) is 26.1 Å². The van der Waals surface area contributed by atoms with Crippen molar-refractivity contribution in [1.82, 2.24) is 4.90 Å². The number of halogens is 1. The molecule has 1 aliphatic rings. The first-order valence-electron chi connectivity index (χ1n) is 9.96. The molecule has 2 aromatic carbocycles. The number of aliphatic hydroxyl groups excluding tert-OH is 1. The van der Waals surface area contributed by atoms with E-state index in [0.29, 0.717) is 19.5 Å². The largest absolute Gasteiger partial charge is 0.524 e. The van der Waals surface area contributed by atoms with E-state index >= 15 is 0 Å². The van der Waals surface area contributed by atoms with Crippen LogP contribution < -0.4 is 15.4 Å². The third-order valence-corrected chi connectivity index (χ3v) is 6.40. The number of rotatable bonds is 4. The number of likely N-dealkylation sites (N-methyl/N-ethyl adjacent to an activating group) is 1. The number of aromatic hydroxyl groups is 1. The van der Waals surface area contributed by atoms with Gasteiger partial charge in [-0.3, -0.25) is 14.6 Å². The molecule has 0 aliphatic carbocycles. The monoisotopic (exact) mass is 491 g/mol. The van der Waals surface area contributed by atoms with Crippen molar-refractivity contribution in [2.75, 3.05) is 20.1 Å². The molecule has 1 aliphatic heterocycles. The van der Waals surface area contributed by atoms with Crippen LogP contribution in [-0.4, -0.2) is 59.0 Å². The average Bonchev–Trinajstić information content (AvgIpc) is 2.67. The molecular formula is C21H20BClNO8P. The average molecular weight is 492 g/mol. The summed E-state index contributed by atoms with van der Waals surface area (Å²) in [6.45, 7) is 0.915. The van der Waals surface area contributed by atoms with Gasteiger partial charge in [0, 0.05) is 35.7 Å². The summed E-state index contributed by atoms with van der Waals surface area (Å²) in [5.74, 6) is -1.61. The van der Waals surface area contributed by atoms with E-state index in [-0.39, 0.29) is 38.3 Å². The van der Waals surface area contributed by atoms with Crippen LogP contribution in [0.5, 0.6) is 11.5 Å². The first-order valence-corrected chi connectivity index (χ1v) is 11.9. The minimum Gasteiger partial charge on any atom is -0.507 e. The molecule has 0 saturated carbocycles. The van der Waals surface area contributed by atoms with Crippen molar-refractivity contribution >= 4 is 43.7 Å². The molecule has 0 bridgehead atoms. The SMILES string of the molecule is [B]c1cccc(Cl)c1-c1cc(=O)c2c(OP(=O)(O)O)cc(O)c([C@H]3CCN(C)C[C@H]3O)c2o1. The fourth-order valence-electron chi connectivity index (χ4n) is 4.22. The summed E-state index contributed by atoms with van der Waals surface area (Å²) in [5.41, 5.74) is -0.258. The predicted octanol–water partition coefficient (Wildman–Crippen LogP) is 1.86. The highest BCUT2D eigenvalue weighted by Crippen LogP contribution is 2.47. The summed E-state index contributed by atoms with van der Waals surface area (Å²) < 4.78 is 22.2. The third kappa shape index (κ3) is 4.68. The Morgan fingerprint density at radius 2 is 2.03 bits per heavy atom. The van der Waals surface area contributed by atoms with E-state index in [9.17, 15) is 29.4 Å². The van der Waals surface area contributed by atoms with E-state index in [1.165, 1.54) is 0 Å². The number of β-amino-alcohol motifs (C(OH)–C–C–N with tert-alkyl or cyclic N) is 1. The van der Waals surface area contributed by atoms with Crippen LogP contribution in [-0.2, 0) is 4.57 Å². The number of phenolic OH excluding ortho intramolecular Hbond substituents is 1. The fraction of sp³-hybridized carbons (Fsp3) is 0.286. The molecule has 1 fully saturated rings. The van der Waals surface area contributed by atoms with Crippen LogP contribution in [0, 0.1) is 0 Å². The van der Waals surface area contributed by atoms with E-state index in [0.717, 1.165) is 12.1 Å². The molecule has 4 N–H and O–H groups in total. The molecule has 0 amide bonds. The number of nitrogens with zero attached hydrogens (tertiary/aromatic N) is 1. The van der Waals surface area contributed by atoms with Crippen LogP contribution in [0.1, 0.15) is 17.9 Å². The lowest BCUT2D eigenvalue weighted by atomic mass is 9.85. The highest BCUT2D eigenvalue weighted by molar-refractivity contribution is 7.46. The molecule has 1 aromatic heterocycles. The maximum atomic E-state index is 13.2. The van der Waals surface area contributed by atoms with Gasteiger partial charge >= 0.3 is 7.82 Å². The number of phenols is 1. The number of hydrogen-bond donors (Lipinski definition) is 4. The van der Waals surface area contributed by atoms with Crippen LogP contribution in [0.4, 0.5) is 0 Å². The molecule has 3 aromatic rings. The van der Waals surface area contributed by atoms with Gasteiger partial charge in [-0.2, -0.15) is 0 Å². The van der Waals surface area contributed by atoms with Crippen LogP contribution in [0.2, 0.25) is 5.02 Å². The number of piperidine rings is 1. The second kappa shape index (κ2) is 8.79. The molecule has 0 unspecified atom stereocenters. The molecule has 2 atom stereocenters. The van der Waals surface area contributed by atoms with Gasteiger partial charge in [0.2, 0.25) is 0 Å². The van der Waals surface area contributed by atoms with Crippen LogP contribution in [0.3, 0.4) is 0 Å². The maximum Gasteiger partial charge on any atom is 0.524 e. The first kappa shape index (κ1) is 23.8. The molecule has 2 heterocycles. The smallest absolute Gasteiger partial charge is 0.507 e. The number of aliphatic hydroxyl groups is 1. The first-order chi connectivity index (χ1) is 15.5. The maximum absolute atomic E-state index is 13.2. The summed E-state index contributed by atoms with van der Waals surface area (Å²) in [5, 5.41) is 21.4. The minimum absolute atomic E-state index is 0.00741. The van der Waals surface area contributed by atoms with Crippen molar-refractivity contribution in [2.24, 2.45) is 0 Å². The Morgan fingerprint density at radius 1 is 1.30 bits per heavy atom. The number of benzene rings is 2. The normalized spacial score (nSPS) is 19.7. The van der Waals surface area contributed by atoms with E-state index in [1.54, 1.807) is 18.2 Å². The molecular weight excluding hydrogens is 471 g/mol. The summed E-state index contributed by atoms with van der Waals surface area (Å²) >= 11 is 6.28. The number of likely N-dealkylation sites (tertiary alicyclic amines) is 1. The van der Waals surface area contributed by atoms with Crippen molar-refractivity contribution in [3.8, 4) is 22.8 Å². The van der Waals surface area contributed by atoms with Gasteiger partial charge in [-0.25, -0.2) is 4.57 Å². The van der Waals surface area contributed by atoms with E-state index in [4.69, 9.17) is 23.9 Å². The van der Waals surface area contributed by atoms with Crippen molar-refractivity contribution in [3.05, 3.63) is 51.1 Å². The highest BCUT2D eigenvalue weighted by Gasteiger charge is 2.34.